The lowest BCUT2D eigenvalue weighted by Crippen LogP contribution is -2.35. The average Bonchev–Trinajstić information content (AvgIpc) is 2.92. The van der Waals surface area contributed by atoms with Crippen LogP contribution in [0.3, 0.4) is 0 Å². The number of aromatic nitrogens is 2. The van der Waals surface area contributed by atoms with Gasteiger partial charge in [0.2, 0.25) is 5.60 Å². The molecule has 1 aliphatic rings. The van der Waals surface area contributed by atoms with Gasteiger partial charge in [-0.05, 0) is 25.1 Å². The summed E-state index contributed by atoms with van der Waals surface area (Å²) in [6, 6.07) is 3.77. The highest BCUT2D eigenvalue weighted by Crippen LogP contribution is 2.35. The van der Waals surface area contributed by atoms with Crippen molar-refractivity contribution < 1.29 is 19.1 Å². The van der Waals surface area contributed by atoms with Crippen LogP contribution in [0.4, 0.5) is 4.39 Å². The lowest BCUT2D eigenvalue weighted by Gasteiger charge is -2.15. The average molecular weight is 405 g/mol. The Balaban J connectivity index is 2.07. The predicted octanol–water partition coefficient (Wildman–Crippen LogP) is 4.21. The number of benzene rings is 1. The van der Waals surface area contributed by atoms with Crippen molar-refractivity contribution in [3.05, 3.63) is 44.8 Å². The fraction of sp³-hybridized carbons (Fsp3) is 0.200. The van der Waals surface area contributed by atoms with Gasteiger partial charge in [-0.1, -0.05) is 40.0 Å². The lowest BCUT2D eigenvalue weighted by atomic mass is 9.94. The van der Waals surface area contributed by atoms with Gasteiger partial charge in [-0.3, -0.25) is 0 Å². The van der Waals surface area contributed by atoms with Gasteiger partial charge >= 0.3 is 5.97 Å². The van der Waals surface area contributed by atoms with Crippen LogP contribution in [0.2, 0.25) is 15.2 Å². The van der Waals surface area contributed by atoms with E-state index < -0.39 is 17.4 Å². The molecule has 1 unspecified atom stereocenters. The molecular weight excluding hydrogens is 396 g/mol. The Morgan fingerprint density at radius 2 is 1.92 bits per heavy atom. The molecule has 0 radical (unpaired) electrons. The normalized spacial score (nSPS) is 19.5. The Morgan fingerprint density at radius 1 is 1.20 bits per heavy atom. The molecule has 0 saturated carbocycles. The number of hydrogen-bond acceptors (Lipinski definition) is 5. The van der Waals surface area contributed by atoms with Crippen molar-refractivity contribution in [2.75, 3.05) is 0 Å². The number of carbonyl (C=O) groups is 1. The molecule has 2 heterocycles. The summed E-state index contributed by atoms with van der Waals surface area (Å²) in [5, 5.41) is 20.7. The fourth-order valence-corrected chi connectivity index (χ4v) is 2.99. The van der Waals surface area contributed by atoms with Crippen LogP contribution in [0.25, 0.3) is 11.3 Å². The van der Waals surface area contributed by atoms with E-state index in [1.807, 2.05) is 0 Å². The SMILES string of the molecule is CC1(C(=O)O)CC(c2cc(-c3nnc(Cl)cc3Cl)c(F)cc2Cl)=NO1. The fourth-order valence-electron chi connectivity index (χ4n) is 2.28. The summed E-state index contributed by atoms with van der Waals surface area (Å²) in [6.45, 7) is 1.38. The highest BCUT2D eigenvalue weighted by Gasteiger charge is 2.43. The lowest BCUT2D eigenvalue weighted by molar-refractivity contribution is -0.160. The molecule has 1 N–H and O–H groups in total. The van der Waals surface area contributed by atoms with E-state index in [0.29, 0.717) is 5.56 Å². The van der Waals surface area contributed by atoms with E-state index in [9.17, 15) is 14.3 Å². The van der Waals surface area contributed by atoms with Gasteiger partial charge in [0.15, 0.2) is 5.15 Å². The zero-order valence-corrected chi connectivity index (χ0v) is 14.8. The van der Waals surface area contributed by atoms with Crippen LogP contribution < -0.4 is 0 Å². The first-order chi connectivity index (χ1) is 11.7. The van der Waals surface area contributed by atoms with Crippen LogP contribution in [-0.4, -0.2) is 32.6 Å². The summed E-state index contributed by atoms with van der Waals surface area (Å²) in [5.41, 5.74) is -0.822. The number of aliphatic carboxylic acids is 1. The maximum atomic E-state index is 14.4. The summed E-state index contributed by atoms with van der Waals surface area (Å²) < 4.78 is 14.4. The summed E-state index contributed by atoms with van der Waals surface area (Å²) in [5.74, 6) is -1.84. The number of hydrogen-bond donors (Lipinski definition) is 1. The monoisotopic (exact) mass is 403 g/mol. The van der Waals surface area contributed by atoms with Crippen molar-refractivity contribution in [1.82, 2.24) is 10.2 Å². The molecule has 25 heavy (non-hydrogen) atoms. The molecule has 0 fully saturated rings. The highest BCUT2D eigenvalue weighted by atomic mass is 35.5. The minimum atomic E-state index is -1.51. The summed E-state index contributed by atoms with van der Waals surface area (Å²) >= 11 is 17.8. The predicted molar refractivity (Wildman–Crippen MR) is 90.7 cm³/mol. The molecule has 3 rings (SSSR count). The van der Waals surface area contributed by atoms with Crippen molar-refractivity contribution in [2.45, 2.75) is 18.9 Å². The largest absolute Gasteiger partial charge is 0.478 e. The zero-order chi connectivity index (χ0) is 18.4. The van der Waals surface area contributed by atoms with Crippen molar-refractivity contribution in [2.24, 2.45) is 5.16 Å². The van der Waals surface area contributed by atoms with Crippen molar-refractivity contribution in [1.29, 1.82) is 0 Å². The minimum Gasteiger partial charge on any atom is -0.478 e. The smallest absolute Gasteiger partial charge is 0.351 e. The Morgan fingerprint density at radius 3 is 2.52 bits per heavy atom. The Kier molecular flexibility index (Phi) is 4.57. The first-order valence-electron chi connectivity index (χ1n) is 6.88. The third-order valence-corrected chi connectivity index (χ3v) is 4.44. The molecule has 0 spiro atoms. The third kappa shape index (κ3) is 3.27. The standard InChI is InChI=1S/C15H9Cl3FN3O3/c1-15(14(23)24)5-11(22-25-15)6-2-7(10(19)3-8(6)16)13-9(17)4-12(18)20-21-13/h2-4H,5H2,1H3,(H,23,24). The quantitative estimate of drug-likeness (QED) is 0.828. The molecule has 2 aromatic rings. The molecule has 1 aromatic heterocycles. The van der Waals surface area contributed by atoms with Gasteiger partial charge in [0, 0.05) is 17.5 Å². The highest BCUT2D eigenvalue weighted by molar-refractivity contribution is 6.36. The minimum absolute atomic E-state index is 0.0280. The molecule has 10 heteroatoms. The topological polar surface area (TPSA) is 84.7 Å². The molecule has 1 atom stereocenters. The van der Waals surface area contributed by atoms with E-state index in [2.05, 4.69) is 15.4 Å². The van der Waals surface area contributed by atoms with Gasteiger partial charge in [0.05, 0.1) is 15.8 Å². The molecule has 0 saturated heterocycles. The first kappa shape index (κ1) is 17.8. The van der Waals surface area contributed by atoms with Gasteiger partial charge < -0.3 is 9.94 Å². The third-order valence-electron chi connectivity index (χ3n) is 3.65. The number of halogens is 4. The van der Waals surface area contributed by atoms with E-state index >= 15 is 0 Å². The van der Waals surface area contributed by atoms with Crippen LogP contribution in [0.5, 0.6) is 0 Å². The number of nitrogens with zero attached hydrogens (tertiary/aromatic N) is 3. The van der Waals surface area contributed by atoms with Crippen LogP contribution in [0.15, 0.2) is 23.4 Å². The second kappa shape index (κ2) is 6.40. The number of oxime groups is 1. The zero-order valence-electron chi connectivity index (χ0n) is 12.6. The molecule has 130 valence electrons. The number of rotatable bonds is 3. The van der Waals surface area contributed by atoms with Crippen LogP contribution in [0.1, 0.15) is 18.9 Å². The summed E-state index contributed by atoms with van der Waals surface area (Å²) in [4.78, 5) is 16.3. The summed E-state index contributed by atoms with van der Waals surface area (Å²) in [6.07, 6.45) is -0.0346. The van der Waals surface area contributed by atoms with Gasteiger partial charge in [-0.2, -0.15) is 0 Å². The van der Waals surface area contributed by atoms with E-state index in [0.717, 1.165) is 6.07 Å². The number of carboxylic acids is 1. The van der Waals surface area contributed by atoms with Crippen LogP contribution in [-0.2, 0) is 9.63 Å². The number of carboxylic acid groups (broad SMARTS) is 1. The summed E-state index contributed by atoms with van der Waals surface area (Å²) in [7, 11) is 0. The van der Waals surface area contributed by atoms with Gasteiger partial charge in [0.25, 0.3) is 0 Å². The first-order valence-corrected chi connectivity index (χ1v) is 8.01. The Hall–Kier alpha value is -1.96. The molecule has 0 bridgehead atoms. The van der Waals surface area contributed by atoms with Crippen LogP contribution >= 0.6 is 34.8 Å². The van der Waals surface area contributed by atoms with E-state index in [1.54, 1.807) is 0 Å². The Bertz CT molecular complexity index is 922. The molecule has 0 amide bonds. The second-order valence-electron chi connectivity index (χ2n) is 5.52. The van der Waals surface area contributed by atoms with Crippen molar-refractivity contribution in [3.63, 3.8) is 0 Å². The van der Waals surface area contributed by atoms with Gasteiger partial charge in [0.1, 0.15) is 11.5 Å². The van der Waals surface area contributed by atoms with Gasteiger partial charge in [-0.25, -0.2) is 9.18 Å². The van der Waals surface area contributed by atoms with Crippen molar-refractivity contribution in [3.8, 4) is 11.3 Å². The molecule has 1 aliphatic heterocycles. The van der Waals surface area contributed by atoms with Crippen LogP contribution in [0, 0.1) is 5.82 Å². The Labute approximate surface area is 156 Å². The maximum absolute atomic E-state index is 14.4. The van der Waals surface area contributed by atoms with Gasteiger partial charge in [-0.15, -0.1) is 10.2 Å². The molecule has 1 aromatic carbocycles. The second-order valence-corrected chi connectivity index (χ2v) is 6.72. The van der Waals surface area contributed by atoms with Crippen molar-refractivity contribution >= 4 is 46.5 Å². The maximum Gasteiger partial charge on any atom is 0.351 e. The van der Waals surface area contributed by atoms with E-state index in [4.69, 9.17) is 39.6 Å². The molecule has 6 nitrogen and oxygen atoms in total. The molecule has 0 aliphatic carbocycles. The van der Waals surface area contributed by atoms with E-state index in [1.165, 1.54) is 19.1 Å². The molecular formula is C15H9Cl3FN3O3. The van der Waals surface area contributed by atoms with E-state index in [-0.39, 0.29) is 38.6 Å².